The fourth-order valence-electron chi connectivity index (χ4n) is 6.95. The molecule has 2 aliphatic carbocycles. The maximum absolute atomic E-state index is 13.0. The Kier molecular flexibility index (Phi) is 6.82. The second-order valence-electron chi connectivity index (χ2n) is 11.3. The highest BCUT2D eigenvalue weighted by Gasteiger charge is 2.43. The van der Waals surface area contributed by atoms with Gasteiger partial charge in [-0.15, -0.1) is 0 Å². The van der Waals surface area contributed by atoms with E-state index in [1.807, 2.05) is 12.1 Å². The molecular weight excluding hydrogens is 492 g/mol. The summed E-state index contributed by atoms with van der Waals surface area (Å²) in [5.74, 6) is 1.45. The molecule has 7 nitrogen and oxygen atoms in total. The molecule has 2 aromatic carbocycles. The summed E-state index contributed by atoms with van der Waals surface area (Å²) in [5.41, 5.74) is 2.53. The predicted molar refractivity (Wildman–Crippen MR) is 140 cm³/mol. The number of nitrogens with one attached hydrogen (secondary N) is 1. The summed E-state index contributed by atoms with van der Waals surface area (Å²) < 4.78 is 12.1. The van der Waals surface area contributed by atoms with E-state index in [1.165, 1.54) is 42.5 Å². The first-order chi connectivity index (χ1) is 17.9. The SMILES string of the molecule is O=C(NC1C[C@@H]2CC[C@@H]1C2)c1ccc(O)cc1OC[C@H](O)CN1CCC2(CC1)OCc1cc(Cl)ccc12. The molecule has 3 fully saturated rings. The van der Waals surface area contributed by atoms with Crippen LogP contribution < -0.4 is 10.1 Å². The first-order valence-electron chi connectivity index (χ1n) is 13.5. The van der Waals surface area contributed by atoms with Gasteiger partial charge in [0, 0.05) is 36.8 Å². The van der Waals surface area contributed by atoms with E-state index in [1.54, 1.807) is 6.07 Å². The Labute approximate surface area is 222 Å². The molecule has 4 atom stereocenters. The van der Waals surface area contributed by atoms with Crippen molar-refractivity contribution in [3.05, 3.63) is 58.1 Å². The van der Waals surface area contributed by atoms with Gasteiger partial charge in [-0.05, 0) is 79.3 Å². The molecular formula is C29H35ClN2O5. The van der Waals surface area contributed by atoms with E-state index in [-0.39, 0.29) is 29.9 Å². The number of likely N-dealkylation sites (tertiary alicyclic amines) is 1. The van der Waals surface area contributed by atoms with Gasteiger partial charge in [0.25, 0.3) is 5.91 Å². The highest BCUT2D eigenvalue weighted by atomic mass is 35.5. The van der Waals surface area contributed by atoms with E-state index in [0.717, 1.165) is 43.3 Å². The van der Waals surface area contributed by atoms with Crippen LogP contribution in [-0.4, -0.2) is 59.4 Å². The molecule has 2 aromatic rings. The van der Waals surface area contributed by atoms with Crippen LogP contribution in [0.1, 0.15) is 60.0 Å². The Morgan fingerprint density at radius 3 is 2.78 bits per heavy atom. The normalized spacial score (nSPS) is 26.8. The zero-order valence-electron chi connectivity index (χ0n) is 21.0. The van der Waals surface area contributed by atoms with Gasteiger partial charge >= 0.3 is 0 Å². The number of hydrogen-bond acceptors (Lipinski definition) is 6. The molecule has 3 N–H and O–H groups in total. The van der Waals surface area contributed by atoms with Crippen LogP contribution >= 0.6 is 11.6 Å². The van der Waals surface area contributed by atoms with Gasteiger partial charge in [0.05, 0.1) is 17.8 Å². The smallest absolute Gasteiger partial charge is 0.255 e. The molecule has 1 saturated heterocycles. The van der Waals surface area contributed by atoms with Crippen LogP contribution in [0.2, 0.25) is 5.02 Å². The number of benzene rings is 2. The third-order valence-electron chi connectivity index (χ3n) is 8.89. The predicted octanol–water partition coefficient (Wildman–Crippen LogP) is 4.23. The van der Waals surface area contributed by atoms with Gasteiger partial charge in [-0.1, -0.05) is 24.1 Å². The minimum Gasteiger partial charge on any atom is -0.508 e. The van der Waals surface area contributed by atoms with E-state index in [2.05, 4.69) is 16.3 Å². The standard InChI is InChI=1S/C29H35ClN2O5/c30-21-3-6-25-20(13-21)16-37-29(25)7-9-32(10-8-29)15-23(34)17-36-27-14-22(33)4-5-24(27)28(35)31-26-12-18-1-2-19(26)11-18/h3-6,13-14,18-19,23,26,33-34H,1-2,7-12,15-17H2,(H,31,35)/t18-,19-,23-,26?/m1/s1. The number of β-amino-alcohol motifs (C(OH)–C–C–N with tert-alkyl or cyclic N) is 1. The maximum Gasteiger partial charge on any atom is 0.255 e. The number of ether oxygens (including phenoxy) is 2. The van der Waals surface area contributed by atoms with Gasteiger partial charge in [0.15, 0.2) is 0 Å². The van der Waals surface area contributed by atoms with Crippen LogP contribution in [0.4, 0.5) is 0 Å². The Morgan fingerprint density at radius 2 is 2.03 bits per heavy atom. The molecule has 1 amide bonds. The number of phenols is 1. The number of hydrogen-bond donors (Lipinski definition) is 3. The maximum atomic E-state index is 13.0. The summed E-state index contributed by atoms with van der Waals surface area (Å²) in [6, 6.07) is 10.8. The number of carbonyl (C=O) groups excluding carboxylic acids is 1. The molecule has 2 saturated carbocycles. The topological polar surface area (TPSA) is 91.3 Å². The zero-order chi connectivity index (χ0) is 25.6. The van der Waals surface area contributed by atoms with Crippen molar-refractivity contribution in [2.24, 2.45) is 11.8 Å². The summed E-state index contributed by atoms with van der Waals surface area (Å²) in [6.07, 6.45) is 5.70. The third kappa shape index (κ3) is 5.07. The number of piperidine rings is 1. The number of halogens is 1. The van der Waals surface area contributed by atoms with Crippen molar-refractivity contribution < 1.29 is 24.5 Å². The van der Waals surface area contributed by atoms with Crippen LogP contribution in [0, 0.1) is 11.8 Å². The van der Waals surface area contributed by atoms with E-state index in [0.29, 0.717) is 30.4 Å². The molecule has 37 heavy (non-hydrogen) atoms. The van der Waals surface area contributed by atoms with E-state index in [4.69, 9.17) is 21.1 Å². The minimum atomic E-state index is -0.728. The summed E-state index contributed by atoms with van der Waals surface area (Å²) in [6.45, 7) is 2.71. The number of carbonyl (C=O) groups is 1. The largest absolute Gasteiger partial charge is 0.508 e. The molecule has 198 valence electrons. The lowest BCUT2D eigenvalue weighted by molar-refractivity contribution is -0.0835. The fraction of sp³-hybridized carbons (Fsp3) is 0.552. The van der Waals surface area contributed by atoms with Gasteiger partial charge < -0.3 is 29.9 Å². The molecule has 1 unspecified atom stereocenters. The van der Waals surface area contributed by atoms with Crippen LogP contribution in [0.5, 0.6) is 11.5 Å². The fourth-order valence-corrected chi connectivity index (χ4v) is 7.15. The summed E-state index contributed by atoms with van der Waals surface area (Å²) in [5, 5.41) is 24.6. The number of aliphatic hydroxyl groups excluding tert-OH is 1. The van der Waals surface area contributed by atoms with Crippen molar-refractivity contribution in [1.29, 1.82) is 0 Å². The van der Waals surface area contributed by atoms with Crippen molar-refractivity contribution in [2.45, 2.75) is 62.9 Å². The Hall–Kier alpha value is -2.32. The summed E-state index contributed by atoms with van der Waals surface area (Å²) >= 11 is 6.15. The molecule has 1 spiro atoms. The van der Waals surface area contributed by atoms with Crippen LogP contribution in [0.15, 0.2) is 36.4 Å². The van der Waals surface area contributed by atoms with Gasteiger partial charge in [-0.3, -0.25) is 4.79 Å². The van der Waals surface area contributed by atoms with Gasteiger partial charge in [0.1, 0.15) is 24.2 Å². The number of aromatic hydroxyl groups is 1. The molecule has 2 heterocycles. The van der Waals surface area contributed by atoms with Crippen LogP contribution in [-0.2, 0) is 16.9 Å². The number of rotatable bonds is 7. The quantitative estimate of drug-likeness (QED) is 0.500. The van der Waals surface area contributed by atoms with E-state index in [9.17, 15) is 15.0 Å². The van der Waals surface area contributed by atoms with E-state index < -0.39 is 6.10 Å². The van der Waals surface area contributed by atoms with Crippen LogP contribution in [0.3, 0.4) is 0 Å². The number of nitrogens with zero attached hydrogens (tertiary/aromatic N) is 1. The molecule has 0 radical (unpaired) electrons. The van der Waals surface area contributed by atoms with Crippen molar-refractivity contribution in [3.63, 3.8) is 0 Å². The third-order valence-corrected chi connectivity index (χ3v) is 9.13. The zero-order valence-corrected chi connectivity index (χ0v) is 21.8. The molecule has 0 aromatic heterocycles. The highest BCUT2D eigenvalue weighted by Crippen LogP contribution is 2.45. The van der Waals surface area contributed by atoms with E-state index >= 15 is 0 Å². The number of amides is 1. The monoisotopic (exact) mass is 526 g/mol. The molecule has 2 aliphatic heterocycles. The average molecular weight is 527 g/mol. The molecule has 6 rings (SSSR count). The Morgan fingerprint density at radius 1 is 1.19 bits per heavy atom. The minimum absolute atomic E-state index is 0.0282. The van der Waals surface area contributed by atoms with Gasteiger partial charge in [-0.2, -0.15) is 0 Å². The van der Waals surface area contributed by atoms with Crippen molar-refractivity contribution in [3.8, 4) is 11.5 Å². The van der Waals surface area contributed by atoms with Gasteiger partial charge in [0.2, 0.25) is 0 Å². The number of aliphatic hydroxyl groups is 1. The number of phenolic OH excluding ortho intramolecular Hbond substituents is 1. The second-order valence-corrected chi connectivity index (χ2v) is 11.7. The average Bonchev–Trinajstić information content (AvgIpc) is 3.59. The molecule has 2 bridgehead atoms. The number of fused-ring (bicyclic) bond motifs is 4. The second kappa shape index (κ2) is 10.1. The highest BCUT2D eigenvalue weighted by molar-refractivity contribution is 6.30. The van der Waals surface area contributed by atoms with Crippen LogP contribution in [0.25, 0.3) is 0 Å². The summed E-state index contributed by atoms with van der Waals surface area (Å²) in [4.78, 5) is 15.3. The lowest BCUT2D eigenvalue weighted by atomic mass is 9.84. The van der Waals surface area contributed by atoms with Crippen molar-refractivity contribution >= 4 is 17.5 Å². The molecule has 4 aliphatic rings. The Bertz CT molecular complexity index is 1160. The lowest BCUT2D eigenvalue weighted by Gasteiger charge is -2.39. The first-order valence-corrected chi connectivity index (χ1v) is 13.9. The Balaban J connectivity index is 1.02. The summed E-state index contributed by atoms with van der Waals surface area (Å²) in [7, 11) is 0. The van der Waals surface area contributed by atoms with Crippen molar-refractivity contribution in [2.75, 3.05) is 26.2 Å². The lowest BCUT2D eigenvalue weighted by Crippen LogP contribution is -2.46. The first kappa shape index (κ1) is 25.0. The van der Waals surface area contributed by atoms with Gasteiger partial charge in [-0.25, -0.2) is 0 Å². The molecule has 8 heteroatoms. The van der Waals surface area contributed by atoms with Crippen molar-refractivity contribution in [1.82, 2.24) is 10.2 Å².